The van der Waals surface area contributed by atoms with Gasteiger partial charge in [0.15, 0.2) is 0 Å². The van der Waals surface area contributed by atoms with Gasteiger partial charge in [-0.1, -0.05) is 0 Å². The number of nitrogens with two attached hydrogens (primary N) is 1. The largest absolute Gasteiger partial charge is 0.485 e. The van der Waals surface area contributed by atoms with Gasteiger partial charge in [-0.3, -0.25) is 0 Å². The van der Waals surface area contributed by atoms with Gasteiger partial charge in [0, 0.05) is 31.0 Å². The first-order chi connectivity index (χ1) is 12.5. The van der Waals surface area contributed by atoms with E-state index in [2.05, 4.69) is 0 Å². The van der Waals surface area contributed by atoms with Crippen molar-refractivity contribution in [1.29, 1.82) is 0 Å². The Balaban J connectivity index is 1.85. The second kappa shape index (κ2) is 6.71. The number of aryl methyl sites for hydroxylation is 1. The molecule has 1 amide bonds. The van der Waals surface area contributed by atoms with Crippen LogP contribution in [0.15, 0.2) is 12.1 Å². The Labute approximate surface area is 159 Å². The van der Waals surface area contributed by atoms with Crippen molar-refractivity contribution < 1.29 is 23.8 Å². The zero-order valence-electron chi connectivity index (χ0n) is 16.6. The number of esters is 1. The van der Waals surface area contributed by atoms with Crippen molar-refractivity contribution in [2.75, 3.05) is 20.2 Å². The van der Waals surface area contributed by atoms with Crippen molar-refractivity contribution in [2.45, 2.75) is 57.8 Å². The summed E-state index contributed by atoms with van der Waals surface area (Å²) in [6.07, 6.45) is 0.931. The molecule has 7 nitrogen and oxygen atoms in total. The molecule has 2 aliphatic rings. The molecule has 7 heteroatoms. The van der Waals surface area contributed by atoms with Crippen LogP contribution in [-0.4, -0.2) is 48.4 Å². The third-order valence-corrected chi connectivity index (χ3v) is 5.03. The first-order valence-corrected chi connectivity index (χ1v) is 9.19. The highest BCUT2D eigenvalue weighted by atomic mass is 16.6. The van der Waals surface area contributed by atoms with Crippen LogP contribution in [0.25, 0.3) is 0 Å². The lowest BCUT2D eigenvalue weighted by atomic mass is 9.84. The topological polar surface area (TPSA) is 91.1 Å². The molecule has 1 saturated heterocycles. The van der Waals surface area contributed by atoms with Gasteiger partial charge in [0.1, 0.15) is 17.0 Å². The number of carbonyl (C=O) groups excluding carboxylic acids is 2. The fourth-order valence-electron chi connectivity index (χ4n) is 3.92. The van der Waals surface area contributed by atoms with E-state index in [1.54, 1.807) is 17.0 Å². The molecule has 1 aromatic rings. The smallest absolute Gasteiger partial charge is 0.410 e. The molecule has 2 aliphatic heterocycles. The second-order valence-corrected chi connectivity index (χ2v) is 8.44. The SMILES string of the molecule is COC(=O)c1cc(C)c2c(c1)OC1(CCN(C(=O)OC(C)(C)C)C1)CC2N. The number of amides is 1. The van der Waals surface area contributed by atoms with Gasteiger partial charge in [0.2, 0.25) is 0 Å². The molecule has 27 heavy (non-hydrogen) atoms. The summed E-state index contributed by atoms with van der Waals surface area (Å²) in [6.45, 7) is 8.41. The van der Waals surface area contributed by atoms with Crippen molar-refractivity contribution >= 4 is 12.1 Å². The van der Waals surface area contributed by atoms with E-state index in [1.807, 2.05) is 27.7 Å². The minimum Gasteiger partial charge on any atom is -0.485 e. The van der Waals surface area contributed by atoms with Gasteiger partial charge in [0.25, 0.3) is 0 Å². The minimum atomic E-state index is -0.565. The highest BCUT2D eigenvalue weighted by molar-refractivity contribution is 5.90. The predicted octanol–water partition coefficient (Wildman–Crippen LogP) is 2.94. The number of methoxy groups -OCH3 is 1. The maximum atomic E-state index is 12.4. The zero-order valence-corrected chi connectivity index (χ0v) is 16.6. The molecule has 0 aliphatic carbocycles. The molecule has 148 valence electrons. The fraction of sp³-hybridized carbons (Fsp3) is 0.600. The van der Waals surface area contributed by atoms with Crippen molar-refractivity contribution in [3.05, 3.63) is 28.8 Å². The summed E-state index contributed by atoms with van der Waals surface area (Å²) in [7, 11) is 1.35. The molecule has 0 saturated carbocycles. The van der Waals surface area contributed by atoms with Gasteiger partial charge in [-0.25, -0.2) is 9.59 Å². The maximum absolute atomic E-state index is 12.4. The highest BCUT2D eigenvalue weighted by Gasteiger charge is 2.47. The van der Waals surface area contributed by atoms with Crippen LogP contribution in [0.2, 0.25) is 0 Å². The lowest BCUT2D eigenvalue weighted by Gasteiger charge is -2.39. The van der Waals surface area contributed by atoms with Crippen LogP contribution >= 0.6 is 0 Å². The van der Waals surface area contributed by atoms with E-state index in [0.717, 1.165) is 11.1 Å². The molecule has 0 bridgehead atoms. The van der Waals surface area contributed by atoms with Gasteiger partial charge in [0.05, 0.1) is 19.2 Å². The first kappa shape index (κ1) is 19.5. The van der Waals surface area contributed by atoms with Gasteiger partial charge >= 0.3 is 12.1 Å². The normalized spacial score (nSPS) is 24.4. The average molecular weight is 376 g/mol. The van der Waals surface area contributed by atoms with Crippen molar-refractivity contribution in [1.82, 2.24) is 4.90 Å². The third-order valence-electron chi connectivity index (χ3n) is 5.03. The van der Waals surface area contributed by atoms with Crippen molar-refractivity contribution in [3.63, 3.8) is 0 Å². The molecule has 2 atom stereocenters. The summed E-state index contributed by atoms with van der Waals surface area (Å²) < 4.78 is 16.6. The lowest BCUT2D eigenvalue weighted by Crippen LogP contribution is -2.46. The number of hydrogen-bond acceptors (Lipinski definition) is 6. The molecule has 0 aromatic heterocycles. The van der Waals surface area contributed by atoms with E-state index in [4.69, 9.17) is 19.9 Å². The van der Waals surface area contributed by atoms with E-state index < -0.39 is 17.2 Å². The van der Waals surface area contributed by atoms with E-state index in [1.165, 1.54) is 7.11 Å². The number of carbonyl (C=O) groups is 2. The highest BCUT2D eigenvalue weighted by Crippen LogP contribution is 2.44. The Morgan fingerprint density at radius 1 is 1.33 bits per heavy atom. The maximum Gasteiger partial charge on any atom is 0.410 e. The Bertz CT molecular complexity index is 770. The number of fused-ring (bicyclic) bond motifs is 1. The summed E-state index contributed by atoms with van der Waals surface area (Å²) in [4.78, 5) is 26.0. The summed E-state index contributed by atoms with van der Waals surface area (Å²) in [5.41, 5.74) is 7.58. The van der Waals surface area contributed by atoms with E-state index in [9.17, 15) is 9.59 Å². The Morgan fingerprint density at radius 3 is 2.67 bits per heavy atom. The third kappa shape index (κ3) is 3.88. The Kier molecular flexibility index (Phi) is 4.84. The lowest BCUT2D eigenvalue weighted by molar-refractivity contribution is 0.0143. The minimum absolute atomic E-state index is 0.223. The summed E-state index contributed by atoms with van der Waals surface area (Å²) in [6, 6.07) is 3.23. The number of likely N-dealkylation sites (tertiary alicyclic amines) is 1. The van der Waals surface area contributed by atoms with Gasteiger partial charge in [-0.2, -0.15) is 0 Å². The predicted molar refractivity (Wildman–Crippen MR) is 99.8 cm³/mol. The van der Waals surface area contributed by atoms with Crippen LogP contribution in [0.5, 0.6) is 5.75 Å². The molecular weight excluding hydrogens is 348 g/mol. The van der Waals surface area contributed by atoms with Crippen LogP contribution in [-0.2, 0) is 9.47 Å². The van der Waals surface area contributed by atoms with Crippen LogP contribution < -0.4 is 10.5 Å². The summed E-state index contributed by atoms with van der Waals surface area (Å²) >= 11 is 0. The monoisotopic (exact) mass is 376 g/mol. The first-order valence-electron chi connectivity index (χ1n) is 9.19. The van der Waals surface area contributed by atoms with E-state index in [0.29, 0.717) is 37.2 Å². The van der Waals surface area contributed by atoms with Gasteiger partial charge < -0.3 is 24.8 Å². The Hall–Kier alpha value is -2.28. The molecule has 2 heterocycles. The molecule has 0 radical (unpaired) electrons. The summed E-state index contributed by atoms with van der Waals surface area (Å²) in [5, 5.41) is 0. The summed E-state index contributed by atoms with van der Waals surface area (Å²) in [5.74, 6) is 0.180. The number of hydrogen-bond donors (Lipinski definition) is 1. The van der Waals surface area contributed by atoms with E-state index >= 15 is 0 Å². The number of rotatable bonds is 1. The molecule has 2 N–H and O–H groups in total. The Morgan fingerprint density at radius 2 is 2.04 bits per heavy atom. The average Bonchev–Trinajstić information content (AvgIpc) is 2.94. The van der Waals surface area contributed by atoms with Crippen molar-refractivity contribution in [2.24, 2.45) is 5.73 Å². The van der Waals surface area contributed by atoms with Crippen LogP contribution in [0.4, 0.5) is 4.79 Å². The van der Waals surface area contributed by atoms with Crippen LogP contribution in [0.1, 0.15) is 61.1 Å². The van der Waals surface area contributed by atoms with E-state index in [-0.39, 0.29) is 12.1 Å². The molecule has 1 spiro atoms. The van der Waals surface area contributed by atoms with Crippen LogP contribution in [0, 0.1) is 6.92 Å². The number of nitrogens with zero attached hydrogens (tertiary/aromatic N) is 1. The molecule has 1 aromatic carbocycles. The molecular formula is C20H28N2O5. The fourth-order valence-corrected chi connectivity index (χ4v) is 3.92. The molecule has 3 rings (SSSR count). The second-order valence-electron chi connectivity index (χ2n) is 8.44. The van der Waals surface area contributed by atoms with Crippen LogP contribution in [0.3, 0.4) is 0 Å². The zero-order chi connectivity index (χ0) is 20.0. The standard InChI is InChI=1S/C20H28N2O5/c1-12-8-13(17(23)25-5)9-15-16(12)14(21)10-20(26-15)6-7-22(11-20)18(24)27-19(2,3)4/h8-9,14H,6-7,10-11,21H2,1-5H3. The van der Waals surface area contributed by atoms with Gasteiger partial charge in [-0.15, -0.1) is 0 Å². The number of ether oxygens (including phenoxy) is 3. The molecule has 2 unspecified atom stereocenters. The quantitative estimate of drug-likeness (QED) is 0.758. The molecule has 1 fully saturated rings. The van der Waals surface area contributed by atoms with Gasteiger partial charge in [-0.05, 0) is 45.4 Å². The van der Waals surface area contributed by atoms with Crippen molar-refractivity contribution in [3.8, 4) is 5.75 Å². The number of benzene rings is 1.